The van der Waals surface area contributed by atoms with Gasteiger partial charge in [-0.2, -0.15) is 0 Å². The molecular formula is C21H25NO4S. The summed E-state index contributed by atoms with van der Waals surface area (Å²) in [6.07, 6.45) is 9.03. The topological polar surface area (TPSA) is 65.4 Å². The molecule has 1 aromatic heterocycles. The molecule has 0 saturated carbocycles. The number of allylic oxidation sites excluding steroid dienone is 1. The lowest BCUT2D eigenvalue weighted by atomic mass is 9.90. The van der Waals surface area contributed by atoms with Gasteiger partial charge in [-0.25, -0.2) is 17.2 Å². The lowest BCUT2D eigenvalue weighted by Crippen LogP contribution is -2.10. The van der Waals surface area contributed by atoms with Crippen LogP contribution in [0.4, 0.5) is 0 Å². The standard InChI is InChI=1S/C21H25NO4S/c1-3-4-12-26-21(23)13-17-6-5-7-18-14-22(15-20(17)18)27(24,25)19-10-8-16(2)9-11-19/h8-11,13-15H,3-7,12H2,1-2H3/b17-13-. The second kappa shape index (κ2) is 8.13. The van der Waals surface area contributed by atoms with Crippen molar-refractivity contribution in [2.24, 2.45) is 0 Å². The smallest absolute Gasteiger partial charge is 0.331 e. The van der Waals surface area contributed by atoms with Crippen molar-refractivity contribution >= 4 is 21.6 Å². The van der Waals surface area contributed by atoms with E-state index in [0.29, 0.717) is 6.61 Å². The second-order valence-electron chi connectivity index (χ2n) is 6.89. The van der Waals surface area contributed by atoms with Gasteiger partial charge in [-0.15, -0.1) is 0 Å². The molecule has 2 aromatic rings. The third kappa shape index (κ3) is 4.33. The molecule has 0 spiro atoms. The quantitative estimate of drug-likeness (QED) is 0.425. The number of carbonyl (C=O) groups excluding carboxylic acids is 1. The maximum Gasteiger partial charge on any atom is 0.331 e. The van der Waals surface area contributed by atoms with Crippen molar-refractivity contribution in [1.82, 2.24) is 3.97 Å². The van der Waals surface area contributed by atoms with E-state index in [4.69, 9.17) is 4.74 Å². The van der Waals surface area contributed by atoms with Gasteiger partial charge in [0.25, 0.3) is 10.0 Å². The number of aromatic nitrogens is 1. The summed E-state index contributed by atoms with van der Waals surface area (Å²) in [6.45, 7) is 4.37. The Bertz CT molecular complexity index is 953. The van der Waals surface area contributed by atoms with Gasteiger partial charge in [-0.3, -0.25) is 0 Å². The van der Waals surface area contributed by atoms with Crippen molar-refractivity contribution in [2.75, 3.05) is 6.61 Å². The van der Waals surface area contributed by atoms with Crippen LogP contribution < -0.4 is 0 Å². The Morgan fingerprint density at radius 3 is 2.63 bits per heavy atom. The number of rotatable bonds is 6. The first-order valence-corrected chi connectivity index (χ1v) is 10.8. The van der Waals surface area contributed by atoms with Crippen molar-refractivity contribution in [1.29, 1.82) is 0 Å². The summed E-state index contributed by atoms with van der Waals surface area (Å²) in [5.74, 6) is -0.361. The highest BCUT2D eigenvalue weighted by atomic mass is 32.2. The minimum atomic E-state index is -3.65. The van der Waals surface area contributed by atoms with Gasteiger partial charge in [0.15, 0.2) is 0 Å². The predicted molar refractivity (Wildman–Crippen MR) is 105 cm³/mol. The van der Waals surface area contributed by atoms with Gasteiger partial charge in [0, 0.05) is 18.5 Å². The van der Waals surface area contributed by atoms with Gasteiger partial charge in [0.2, 0.25) is 0 Å². The minimum absolute atomic E-state index is 0.255. The molecule has 3 rings (SSSR count). The zero-order valence-electron chi connectivity index (χ0n) is 15.8. The van der Waals surface area contributed by atoms with E-state index in [1.54, 1.807) is 36.7 Å². The van der Waals surface area contributed by atoms with Crippen LogP contribution in [0.3, 0.4) is 0 Å². The number of ether oxygens (including phenoxy) is 1. The molecule has 0 bridgehead atoms. The monoisotopic (exact) mass is 387 g/mol. The van der Waals surface area contributed by atoms with Gasteiger partial charge in [-0.05, 0) is 61.4 Å². The van der Waals surface area contributed by atoms with Crippen molar-refractivity contribution in [3.63, 3.8) is 0 Å². The molecule has 0 fully saturated rings. The Balaban J connectivity index is 1.89. The molecule has 0 unspecified atom stereocenters. The van der Waals surface area contributed by atoms with Crippen molar-refractivity contribution < 1.29 is 17.9 Å². The van der Waals surface area contributed by atoms with E-state index in [-0.39, 0.29) is 10.9 Å². The molecule has 144 valence electrons. The minimum Gasteiger partial charge on any atom is -0.463 e. The fourth-order valence-corrected chi connectivity index (χ4v) is 4.42. The van der Waals surface area contributed by atoms with Crippen LogP contribution in [0.2, 0.25) is 0 Å². The summed E-state index contributed by atoms with van der Waals surface area (Å²) in [5, 5.41) is 0. The Morgan fingerprint density at radius 2 is 1.93 bits per heavy atom. The summed E-state index contributed by atoms with van der Waals surface area (Å²) in [7, 11) is -3.65. The summed E-state index contributed by atoms with van der Waals surface area (Å²) >= 11 is 0. The predicted octanol–water partition coefficient (Wildman–Crippen LogP) is 4.10. The normalized spacial score (nSPS) is 15.6. The summed E-state index contributed by atoms with van der Waals surface area (Å²) < 4.78 is 32.3. The van der Waals surface area contributed by atoms with Crippen LogP contribution in [-0.4, -0.2) is 25.0 Å². The van der Waals surface area contributed by atoms with Gasteiger partial charge in [0.1, 0.15) is 0 Å². The Hall–Kier alpha value is -2.34. The fraction of sp³-hybridized carbons (Fsp3) is 0.381. The van der Waals surface area contributed by atoms with Gasteiger partial charge < -0.3 is 4.74 Å². The molecule has 0 aliphatic heterocycles. The SMILES string of the molecule is CCCCOC(=O)/C=C1/CCCc2cn(S(=O)(=O)c3ccc(C)cc3)cc21. The lowest BCUT2D eigenvalue weighted by Gasteiger charge is -2.14. The molecule has 1 aliphatic rings. The van der Waals surface area contributed by atoms with Crippen LogP contribution in [0.15, 0.2) is 47.6 Å². The molecule has 1 aliphatic carbocycles. The summed E-state index contributed by atoms with van der Waals surface area (Å²) in [5.41, 5.74) is 3.62. The van der Waals surface area contributed by atoms with E-state index in [2.05, 4.69) is 0 Å². The molecule has 0 N–H and O–H groups in total. The number of aryl methyl sites for hydroxylation is 2. The molecule has 27 heavy (non-hydrogen) atoms. The summed E-state index contributed by atoms with van der Waals surface area (Å²) in [6, 6.07) is 6.80. The number of carbonyl (C=O) groups is 1. The van der Waals surface area contributed by atoms with Crippen LogP contribution in [0, 0.1) is 6.92 Å². The highest BCUT2D eigenvalue weighted by Crippen LogP contribution is 2.32. The first-order valence-electron chi connectivity index (χ1n) is 9.32. The van der Waals surface area contributed by atoms with Crippen LogP contribution in [0.1, 0.15) is 49.3 Å². The number of fused-ring (bicyclic) bond motifs is 1. The van der Waals surface area contributed by atoms with E-state index in [9.17, 15) is 13.2 Å². The lowest BCUT2D eigenvalue weighted by molar-refractivity contribution is -0.137. The first-order chi connectivity index (χ1) is 12.9. The molecule has 1 heterocycles. The Morgan fingerprint density at radius 1 is 1.19 bits per heavy atom. The van der Waals surface area contributed by atoms with Crippen molar-refractivity contribution in [3.05, 3.63) is 59.4 Å². The number of benzene rings is 1. The maximum atomic E-state index is 12.9. The summed E-state index contributed by atoms with van der Waals surface area (Å²) in [4.78, 5) is 12.3. The fourth-order valence-electron chi connectivity index (χ4n) is 3.18. The van der Waals surface area contributed by atoms with Crippen LogP contribution in [-0.2, 0) is 26.0 Å². The first kappa shape index (κ1) is 19.4. The van der Waals surface area contributed by atoms with Crippen LogP contribution >= 0.6 is 0 Å². The van der Waals surface area contributed by atoms with Crippen molar-refractivity contribution in [3.8, 4) is 0 Å². The van der Waals surface area contributed by atoms with E-state index in [1.165, 1.54) is 10.0 Å². The molecular weight excluding hydrogens is 362 g/mol. The number of esters is 1. The van der Waals surface area contributed by atoms with Crippen LogP contribution in [0.25, 0.3) is 5.57 Å². The van der Waals surface area contributed by atoms with E-state index < -0.39 is 10.0 Å². The zero-order valence-corrected chi connectivity index (χ0v) is 16.6. The molecule has 0 atom stereocenters. The van der Waals surface area contributed by atoms with Crippen LogP contribution in [0.5, 0.6) is 0 Å². The molecule has 5 nitrogen and oxygen atoms in total. The number of hydrogen-bond donors (Lipinski definition) is 0. The second-order valence-corrected chi connectivity index (χ2v) is 8.73. The van der Waals surface area contributed by atoms with Crippen molar-refractivity contribution in [2.45, 2.75) is 50.8 Å². The third-order valence-electron chi connectivity index (χ3n) is 4.75. The maximum absolute atomic E-state index is 12.9. The Labute approximate surface area is 160 Å². The Kier molecular flexibility index (Phi) is 5.85. The van der Waals surface area contributed by atoms with Gasteiger partial charge in [-0.1, -0.05) is 31.0 Å². The van der Waals surface area contributed by atoms with E-state index in [0.717, 1.165) is 54.4 Å². The molecule has 0 saturated heterocycles. The number of unbranched alkanes of at least 4 members (excludes halogenated alkanes) is 1. The molecule has 6 heteroatoms. The molecule has 0 amide bonds. The average molecular weight is 388 g/mol. The highest BCUT2D eigenvalue weighted by Gasteiger charge is 2.23. The molecule has 1 aromatic carbocycles. The highest BCUT2D eigenvalue weighted by molar-refractivity contribution is 7.90. The number of hydrogen-bond acceptors (Lipinski definition) is 4. The largest absolute Gasteiger partial charge is 0.463 e. The van der Waals surface area contributed by atoms with Gasteiger partial charge >= 0.3 is 5.97 Å². The molecule has 0 radical (unpaired) electrons. The third-order valence-corrected chi connectivity index (χ3v) is 6.39. The van der Waals surface area contributed by atoms with Gasteiger partial charge in [0.05, 0.1) is 11.5 Å². The number of nitrogens with zero attached hydrogens (tertiary/aromatic N) is 1. The van der Waals surface area contributed by atoms with E-state index in [1.807, 2.05) is 13.8 Å². The average Bonchev–Trinajstić information content (AvgIpc) is 3.08. The van der Waals surface area contributed by atoms with E-state index >= 15 is 0 Å². The zero-order chi connectivity index (χ0) is 19.4.